The van der Waals surface area contributed by atoms with Crippen molar-refractivity contribution in [1.82, 2.24) is 10.6 Å². The molecule has 1 aromatic heterocycles. The van der Waals surface area contributed by atoms with Crippen molar-refractivity contribution < 1.29 is 23.1 Å². The van der Waals surface area contributed by atoms with Crippen LogP contribution in [-0.4, -0.2) is 17.9 Å². The number of benzene rings is 1. The number of rotatable bonds is 6. The van der Waals surface area contributed by atoms with Crippen LogP contribution < -0.4 is 10.6 Å². The zero-order chi connectivity index (χ0) is 18.5. The van der Waals surface area contributed by atoms with Gasteiger partial charge < -0.3 is 19.8 Å². The Labute approximate surface area is 150 Å². The summed E-state index contributed by atoms with van der Waals surface area (Å²) in [6.07, 6.45) is 1.06. The van der Waals surface area contributed by atoms with Crippen molar-refractivity contribution in [3.05, 3.63) is 59.3 Å². The lowest BCUT2D eigenvalue weighted by Gasteiger charge is -2.33. The van der Waals surface area contributed by atoms with Gasteiger partial charge in [0.25, 0.3) is 0 Å². The third-order valence-corrected chi connectivity index (χ3v) is 4.28. The van der Waals surface area contributed by atoms with Crippen molar-refractivity contribution >= 4 is 11.9 Å². The minimum absolute atomic E-state index is 0.0426. The molecule has 138 valence electrons. The molecular formula is C19H21FN2O4. The molecule has 0 spiro atoms. The third-order valence-electron chi connectivity index (χ3n) is 4.28. The summed E-state index contributed by atoms with van der Waals surface area (Å²) < 4.78 is 24.1. The van der Waals surface area contributed by atoms with Gasteiger partial charge in [0.1, 0.15) is 23.9 Å². The average Bonchev–Trinajstić information content (AvgIpc) is 3.07. The van der Waals surface area contributed by atoms with Crippen molar-refractivity contribution in [3.63, 3.8) is 0 Å². The van der Waals surface area contributed by atoms with E-state index in [-0.39, 0.29) is 36.4 Å². The fourth-order valence-electron chi connectivity index (χ4n) is 3.03. The summed E-state index contributed by atoms with van der Waals surface area (Å²) in [5, 5.41) is 6.29. The Balaban J connectivity index is 1.63. The Kier molecular flexibility index (Phi) is 5.68. The zero-order valence-electron chi connectivity index (χ0n) is 14.5. The molecule has 26 heavy (non-hydrogen) atoms. The van der Waals surface area contributed by atoms with Gasteiger partial charge in [-0.15, -0.1) is 0 Å². The molecule has 1 saturated heterocycles. The van der Waals surface area contributed by atoms with Crippen molar-refractivity contribution in [1.29, 1.82) is 0 Å². The Hall–Kier alpha value is -2.67. The fourth-order valence-corrected chi connectivity index (χ4v) is 3.03. The normalized spacial score (nSPS) is 19.8. The van der Waals surface area contributed by atoms with Crippen molar-refractivity contribution in [2.75, 3.05) is 0 Å². The maximum atomic E-state index is 13.5. The Morgan fingerprint density at radius 1 is 1.35 bits per heavy atom. The number of furan rings is 1. The van der Waals surface area contributed by atoms with E-state index in [4.69, 9.17) is 9.15 Å². The first-order valence-corrected chi connectivity index (χ1v) is 8.50. The van der Waals surface area contributed by atoms with E-state index in [1.54, 1.807) is 18.2 Å². The van der Waals surface area contributed by atoms with E-state index in [0.717, 1.165) is 5.56 Å². The second-order valence-corrected chi connectivity index (χ2v) is 6.27. The van der Waals surface area contributed by atoms with Crippen molar-refractivity contribution in [2.45, 2.75) is 45.0 Å². The van der Waals surface area contributed by atoms with Crippen LogP contribution in [0.1, 0.15) is 42.9 Å². The first-order valence-electron chi connectivity index (χ1n) is 8.50. The molecule has 0 saturated carbocycles. The highest BCUT2D eigenvalue weighted by atomic mass is 19.1. The molecule has 1 aliphatic rings. The fraction of sp³-hybridized carbons (Fsp3) is 0.368. The van der Waals surface area contributed by atoms with Crippen LogP contribution in [0.4, 0.5) is 4.39 Å². The van der Waals surface area contributed by atoms with Gasteiger partial charge in [0.05, 0.1) is 12.6 Å². The van der Waals surface area contributed by atoms with Crippen molar-refractivity contribution in [3.8, 4) is 0 Å². The lowest BCUT2D eigenvalue weighted by Crippen LogP contribution is -2.48. The van der Waals surface area contributed by atoms with Crippen LogP contribution >= 0.6 is 0 Å². The first kappa shape index (κ1) is 18.1. The number of hydrogen-bond donors (Lipinski definition) is 2. The maximum Gasteiger partial charge on any atom is 0.303 e. The topological polar surface area (TPSA) is 80.6 Å². The molecule has 6 nitrogen and oxygen atoms in total. The van der Waals surface area contributed by atoms with E-state index >= 15 is 0 Å². The van der Waals surface area contributed by atoms with Gasteiger partial charge in [-0.2, -0.15) is 0 Å². The highest BCUT2D eigenvalue weighted by Gasteiger charge is 2.29. The quantitative estimate of drug-likeness (QED) is 0.774. The molecule has 7 heteroatoms. The molecule has 2 aromatic rings. The zero-order valence-corrected chi connectivity index (χ0v) is 14.5. The molecule has 2 atom stereocenters. The predicted octanol–water partition coefficient (Wildman–Crippen LogP) is 2.59. The molecule has 3 rings (SSSR count). The number of amides is 1. The SMILES string of the molecule is CC(=O)OCc1ccc(CN[C@@H]2CCC(=O)N[C@H]2c2cccc(F)c2)o1. The number of esters is 1. The number of carbonyl (C=O) groups is 2. The predicted molar refractivity (Wildman–Crippen MR) is 91.3 cm³/mol. The number of halogens is 1. The molecule has 2 N–H and O–H groups in total. The molecule has 0 radical (unpaired) electrons. The summed E-state index contributed by atoms with van der Waals surface area (Å²) in [5.74, 6) is 0.524. The molecule has 1 aromatic carbocycles. The number of nitrogens with one attached hydrogen (secondary N) is 2. The maximum absolute atomic E-state index is 13.5. The first-order chi connectivity index (χ1) is 12.5. The lowest BCUT2D eigenvalue weighted by atomic mass is 9.92. The minimum atomic E-state index is -0.364. The van der Waals surface area contributed by atoms with Gasteiger partial charge in [0, 0.05) is 19.4 Å². The summed E-state index contributed by atoms with van der Waals surface area (Å²) in [6, 6.07) is 9.48. The van der Waals surface area contributed by atoms with Gasteiger partial charge in [0.2, 0.25) is 5.91 Å². The van der Waals surface area contributed by atoms with E-state index in [0.29, 0.717) is 30.9 Å². The van der Waals surface area contributed by atoms with Gasteiger partial charge in [0.15, 0.2) is 0 Å². The summed E-state index contributed by atoms with van der Waals surface area (Å²) in [7, 11) is 0. The summed E-state index contributed by atoms with van der Waals surface area (Å²) in [4.78, 5) is 22.6. The van der Waals surface area contributed by atoms with Crippen LogP contribution in [0.15, 0.2) is 40.8 Å². The second kappa shape index (κ2) is 8.14. The molecule has 0 aliphatic carbocycles. The smallest absolute Gasteiger partial charge is 0.303 e. The van der Waals surface area contributed by atoms with E-state index in [9.17, 15) is 14.0 Å². The van der Waals surface area contributed by atoms with Crippen LogP contribution in [0.3, 0.4) is 0 Å². The van der Waals surface area contributed by atoms with Gasteiger partial charge in [-0.25, -0.2) is 4.39 Å². The molecule has 1 fully saturated rings. The average molecular weight is 360 g/mol. The lowest BCUT2D eigenvalue weighted by molar-refractivity contribution is -0.142. The number of ether oxygens (including phenoxy) is 1. The molecule has 0 bridgehead atoms. The van der Waals surface area contributed by atoms with E-state index in [1.165, 1.54) is 19.1 Å². The summed E-state index contributed by atoms with van der Waals surface area (Å²) >= 11 is 0. The van der Waals surface area contributed by atoms with Crippen LogP contribution in [0.5, 0.6) is 0 Å². The van der Waals surface area contributed by atoms with Crippen LogP contribution in [0.2, 0.25) is 0 Å². The highest BCUT2D eigenvalue weighted by Crippen LogP contribution is 2.25. The highest BCUT2D eigenvalue weighted by molar-refractivity contribution is 5.77. The largest absolute Gasteiger partial charge is 0.461 e. The van der Waals surface area contributed by atoms with Gasteiger partial charge in [-0.05, 0) is 36.2 Å². The molecule has 1 aliphatic heterocycles. The molecule has 2 heterocycles. The Bertz CT molecular complexity index is 789. The van der Waals surface area contributed by atoms with Crippen LogP contribution in [-0.2, 0) is 27.5 Å². The second-order valence-electron chi connectivity index (χ2n) is 6.27. The Morgan fingerprint density at radius 3 is 2.92 bits per heavy atom. The molecule has 0 unspecified atom stereocenters. The van der Waals surface area contributed by atoms with Crippen LogP contribution in [0, 0.1) is 5.82 Å². The van der Waals surface area contributed by atoms with Crippen molar-refractivity contribution in [2.24, 2.45) is 0 Å². The number of carbonyl (C=O) groups excluding carboxylic acids is 2. The van der Waals surface area contributed by atoms with E-state index in [1.807, 2.05) is 6.07 Å². The monoisotopic (exact) mass is 360 g/mol. The number of piperidine rings is 1. The summed E-state index contributed by atoms with van der Waals surface area (Å²) in [5.41, 5.74) is 0.727. The third kappa shape index (κ3) is 4.70. The minimum Gasteiger partial charge on any atom is -0.461 e. The summed E-state index contributed by atoms with van der Waals surface area (Å²) in [6.45, 7) is 1.89. The standard InChI is InChI=1S/C19H21FN2O4/c1-12(23)25-11-16-6-5-15(26-16)10-21-17-7-8-18(24)22-19(17)13-3-2-4-14(20)9-13/h2-6,9,17,19,21H,7-8,10-11H2,1H3,(H,22,24)/t17-,19+/m1/s1. The van der Waals surface area contributed by atoms with E-state index in [2.05, 4.69) is 10.6 Å². The Morgan fingerprint density at radius 2 is 2.15 bits per heavy atom. The molecule has 1 amide bonds. The van der Waals surface area contributed by atoms with Gasteiger partial charge in [-0.1, -0.05) is 12.1 Å². The van der Waals surface area contributed by atoms with Gasteiger partial charge in [-0.3, -0.25) is 9.59 Å². The number of hydrogen-bond acceptors (Lipinski definition) is 5. The molecular weight excluding hydrogens is 339 g/mol. The van der Waals surface area contributed by atoms with Crippen LogP contribution in [0.25, 0.3) is 0 Å². The van der Waals surface area contributed by atoms with E-state index < -0.39 is 0 Å². The van der Waals surface area contributed by atoms with Gasteiger partial charge >= 0.3 is 5.97 Å².